The molecule has 0 aliphatic rings. The third kappa shape index (κ3) is 4.46. The van der Waals surface area contributed by atoms with Crippen molar-refractivity contribution in [3.63, 3.8) is 0 Å². The topological polar surface area (TPSA) is 22.3 Å². The van der Waals surface area contributed by atoms with Crippen LogP contribution in [0.2, 0.25) is 0 Å². The lowest BCUT2D eigenvalue weighted by Gasteiger charge is -1.99. The van der Waals surface area contributed by atoms with Gasteiger partial charge in [0.1, 0.15) is 0 Å². The monoisotopic (exact) mass is 174 g/mol. The SMILES string of the molecule is [N]=CCCCCCc1ccccc1. The van der Waals surface area contributed by atoms with Crippen LogP contribution in [0.3, 0.4) is 0 Å². The number of unbranched alkanes of at least 4 members (excludes halogenated alkanes) is 3. The average Bonchev–Trinajstić information content (AvgIpc) is 2.19. The van der Waals surface area contributed by atoms with Gasteiger partial charge in [0, 0.05) is 6.21 Å². The maximum absolute atomic E-state index is 8.46. The lowest BCUT2D eigenvalue weighted by Crippen LogP contribution is -1.85. The van der Waals surface area contributed by atoms with Gasteiger partial charge in [-0.25, -0.2) is 0 Å². The lowest BCUT2D eigenvalue weighted by atomic mass is 10.1. The standard InChI is InChI=1S/C12H16N/c13-11-7-2-1-4-8-12-9-5-3-6-10-12/h3,5-6,9-11H,1-2,4,7-8H2. The van der Waals surface area contributed by atoms with Crippen LogP contribution in [-0.4, -0.2) is 6.21 Å². The van der Waals surface area contributed by atoms with E-state index in [0.717, 1.165) is 19.3 Å². The maximum atomic E-state index is 8.46. The molecule has 0 spiro atoms. The Labute approximate surface area is 80.3 Å². The van der Waals surface area contributed by atoms with Crippen LogP contribution in [-0.2, 0) is 6.42 Å². The van der Waals surface area contributed by atoms with Crippen LogP contribution in [0, 0.1) is 0 Å². The predicted molar refractivity (Wildman–Crippen MR) is 56.8 cm³/mol. The Morgan fingerprint density at radius 2 is 1.77 bits per heavy atom. The summed E-state index contributed by atoms with van der Waals surface area (Å²) in [5.74, 6) is 0. The molecule has 0 aliphatic heterocycles. The van der Waals surface area contributed by atoms with Crippen LogP contribution < -0.4 is 5.41 Å². The fraction of sp³-hybridized carbons (Fsp3) is 0.417. The summed E-state index contributed by atoms with van der Waals surface area (Å²) in [4.78, 5) is 0. The third-order valence-electron chi connectivity index (χ3n) is 2.14. The molecule has 0 aliphatic carbocycles. The minimum atomic E-state index is 0.828. The number of hydrogen-bond acceptors (Lipinski definition) is 0. The summed E-state index contributed by atoms with van der Waals surface area (Å²) in [6.45, 7) is 0. The number of nitrogens with zero attached hydrogens (tertiary/aromatic N) is 1. The van der Waals surface area contributed by atoms with Crippen LogP contribution in [0.25, 0.3) is 0 Å². The molecular weight excluding hydrogens is 158 g/mol. The molecule has 0 heterocycles. The first-order valence-electron chi connectivity index (χ1n) is 4.93. The summed E-state index contributed by atoms with van der Waals surface area (Å²) in [6, 6.07) is 10.5. The highest BCUT2D eigenvalue weighted by Gasteiger charge is 1.91. The first-order chi connectivity index (χ1) is 6.43. The molecule has 1 aromatic carbocycles. The highest BCUT2D eigenvalue weighted by atomic mass is 14.3. The number of aryl methyl sites for hydroxylation is 1. The average molecular weight is 174 g/mol. The van der Waals surface area contributed by atoms with Crippen molar-refractivity contribution in [1.82, 2.24) is 5.41 Å². The van der Waals surface area contributed by atoms with Crippen molar-refractivity contribution < 1.29 is 0 Å². The molecule has 1 radical (unpaired) electrons. The maximum Gasteiger partial charge on any atom is 0.0270 e. The highest BCUT2D eigenvalue weighted by Crippen LogP contribution is 2.06. The molecule has 0 atom stereocenters. The first-order valence-corrected chi connectivity index (χ1v) is 4.93. The van der Waals surface area contributed by atoms with Gasteiger partial charge in [-0.05, 0) is 31.2 Å². The first kappa shape index (κ1) is 9.97. The Morgan fingerprint density at radius 3 is 2.46 bits per heavy atom. The molecule has 0 aromatic heterocycles. The normalized spacial score (nSPS) is 9.85. The van der Waals surface area contributed by atoms with E-state index in [1.807, 2.05) is 6.07 Å². The molecule has 0 amide bonds. The van der Waals surface area contributed by atoms with Gasteiger partial charge < -0.3 is 0 Å². The van der Waals surface area contributed by atoms with Crippen molar-refractivity contribution in [2.75, 3.05) is 0 Å². The molecule has 0 bridgehead atoms. The van der Waals surface area contributed by atoms with Crippen LogP contribution in [0.4, 0.5) is 0 Å². The molecule has 0 unspecified atom stereocenters. The van der Waals surface area contributed by atoms with Gasteiger partial charge in [-0.15, -0.1) is 0 Å². The summed E-state index contributed by atoms with van der Waals surface area (Å²) in [5, 5.41) is 8.46. The van der Waals surface area contributed by atoms with Crippen molar-refractivity contribution in [2.45, 2.75) is 32.1 Å². The zero-order valence-electron chi connectivity index (χ0n) is 7.95. The molecule has 1 rings (SSSR count). The number of hydrogen-bond donors (Lipinski definition) is 0. The van der Waals surface area contributed by atoms with Gasteiger partial charge in [-0.1, -0.05) is 36.8 Å². The van der Waals surface area contributed by atoms with E-state index in [4.69, 9.17) is 5.41 Å². The van der Waals surface area contributed by atoms with Crippen LogP contribution in [0.5, 0.6) is 0 Å². The number of rotatable bonds is 6. The Kier molecular flexibility index (Phi) is 4.92. The van der Waals surface area contributed by atoms with Crippen LogP contribution >= 0.6 is 0 Å². The third-order valence-corrected chi connectivity index (χ3v) is 2.14. The highest BCUT2D eigenvalue weighted by molar-refractivity contribution is 5.53. The van der Waals surface area contributed by atoms with Gasteiger partial charge in [0.2, 0.25) is 0 Å². The Morgan fingerprint density at radius 1 is 1.00 bits per heavy atom. The minimum Gasteiger partial charge on any atom is -0.164 e. The fourth-order valence-corrected chi connectivity index (χ4v) is 1.39. The smallest absolute Gasteiger partial charge is 0.0270 e. The molecule has 0 saturated heterocycles. The summed E-state index contributed by atoms with van der Waals surface area (Å²) in [5.41, 5.74) is 1.41. The summed E-state index contributed by atoms with van der Waals surface area (Å²) >= 11 is 0. The van der Waals surface area contributed by atoms with Crippen molar-refractivity contribution in [1.29, 1.82) is 0 Å². The molecule has 1 nitrogen and oxygen atoms in total. The molecular formula is C12H16N. The zero-order valence-corrected chi connectivity index (χ0v) is 7.95. The summed E-state index contributed by atoms with van der Waals surface area (Å²) in [6.07, 6.45) is 6.76. The van der Waals surface area contributed by atoms with E-state index in [2.05, 4.69) is 24.3 Å². The second-order valence-corrected chi connectivity index (χ2v) is 3.27. The van der Waals surface area contributed by atoms with Gasteiger partial charge >= 0.3 is 0 Å². The van der Waals surface area contributed by atoms with Gasteiger partial charge in [0.25, 0.3) is 0 Å². The fourth-order valence-electron chi connectivity index (χ4n) is 1.39. The Balaban J connectivity index is 2.10. The van der Waals surface area contributed by atoms with E-state index >= 15 is 0 Å². The Bertz CT molecular complexity index is 228. The Hall–Kier alpha value is -1.11. The lowest BCUT2D eigenvalue weighted by molar-refractivity contribution is 0.699. The zero-order chi connectivity index (χ0) is 9.36. The van der Waals surface area contributed by atoms with Crippen LogP contribution in [0.15, 0.2) is 30.3 Å². The second-order valence-electron chi connectivity index (χ2n) is 3.27. The van der Waals surface area contributed by atoms with E-state index in [0.29, 0.717) is 0 Å². The van der Waals surface area contributed by atoms with Crippen molar-refractivity contribution in [3.05, 3.63) is 35.9 Å². The van der Waals surface area contributed by atoms with Gasteiger partial charge in [0.15, 0.2) is 0 Å². The van der Waals surface area contributed by atoms with Crippen molar-refractivity contribution in [2.24, 2.45) is 0 Å². The van der Waals surface area contributed by atoms with E-state index < -0.39 is 0 Å². The molecule has 13 heavy (non-hydrogen) atoms. The largest absolute Gasteiger partial charge is 0.164 e. The van der Waals surface area contributed by atoms with E-state index in [1.165, 1.54) is 24.6 Å². The molecule has 0 fully saturated rings. The molecule has 0 N–H and O–H groups in total. The summed E-state index contributed by atoms with van der Waals surface area (Å²) in [7, 11) is 0. The molecule has 1 heteroatoms. The van der Waals surface area contributed by atoms with E-state index in [-0.39, 0.29) is 0 Å². The summed E-state index contributed by atoms with van der Waals surface area (Å²) < 4.78 is 0. The van der Waals surface area contributed by atoms with Crippen molar-refractivity contribution in [3.8, 4) is 0 Å². The minimum absolute atomic E-state index is 0.828. The van der Waals surface area contributed by atoms with E-state index in [9.17, 15) is 0 Å². The van der Waals surface area contributed by atoms with E-state index in [1.54, 1.807) is 0 Å². The second kappa shape index (κ2) is 6.41. The molecule has 0 saturated carbocycles. The van der Waals surface area contributed by atoms with Crippen molar-refractivity contribution >= 4 is 6.21 Å². The number of benzene rings is 1. The van der Waals surface area contributed by atoms with Crippen LogP contribution in [0.1, 0.15) is 31.2 Å². The molecule has 69 valence electrons. The molecule has 1 aromatic rings. The quantitative estimate of drug-likeness (QED) is 0.467. The predicted octanol–water partition coefficient (Wildman–Crippen LogP) is 2.66. The van der Waals surface area contributed by atoms with Gasteiger partial charge in [0.05, 0.1) is 0 Å². The van der Waals surface area contributed by atoms with Gasteiger partial charge in [-0.2, -0.15) is 5.41 Å². The van der Waals surface area contributed by atoms with Gasteiger partial charge in [-0.3, -0.25) is 0 Å².